The number of sulfonamides is 1. The first-order valence-corrected chi connectivity index (χ1v) is 10.7. The van der Waals surface area contributed by atoms with E-state index in [4.69, 9.17) is 0 Å². The van der Waals surface area contributed by atoms with E-state index in [1.54, 1.807) is 54.6 Å². The highest BCUT2D eigenvalue weighted by atomic mass is 32.2. The largest absolute Gasteiger partial charge is 0.334 e. The highest BCUT2D eigenvalue weighted by Crippen LogP contribution is 2.24. The zero-order valence-electron chi connectivity index (χ0n) is 15.7. The van der Waals surface area contributed by atoms with Gasteiger partial charge in [-0.05, 0) is 55.0 Å². The number of hydrogen-bond donors (Lipinski definition) is 3. The molecule has 9 heteroatoms. The molecule has 152 valence electrons. The summed E-state index contributed by atoms with van der Waals surface area (Å²) in [6.07, 6.45) is 2.18. The fraction of sp³-hybridized carbons (Fsp3) is 0.200. The summed E-state index contributed by atoms with van der Waals surface area (Å²) < 4.78 is 25.3. The van der Waals surface area contributed by atoms with E-state index in [0.717, 1.165) is 0 Å². The number of urea groups is 1. The van der Waals surface area contributed by atoms with Crippen molar-refractivity contribution in [2.45, 2.75) is 6.42 Å². The molecule has 0 atom stereocenters. The van der Waals surface area contributed by atoms with Gasteiger partial charge in [-0.1, -0.05) is 6.08 Å². The second-order valence-electron chi connectivity index (χ2n) is 6.44. The van der Waals surface area contributed by atoms with Crippen LogP contribution in [0.4, 0.5) is 21.9 Å². The minimum absolute atomic E-state index is 0.149. The van der Waals surface area contributed by atoms with E-state index in [0.29, 0.717) is 42.1 Å². The van der Waals surface area contributed by atoms with Gasteiger partial charge in [-0.15, -0.1) is 6.58 Å². The summed E-state index contributed by atoms with van der Waals surface area (Å²) in [6.45, 7) is 4.34. The van der Waals surface area contributed by atoms with Gasteiger partial charge in [0.05, 0.1) is 11.4 Å². The van der Waals surface area contributed by atoms with Crippen LogP contribution in [0.5, 0.6) is 0 Å². The van der Waals surface area contributed by atoms with Crippen LogP contribution in [0, 0.1) is 0 Å². The van der Waals surface area contributed by atoms with Crippen molar-refractivity contribution < 1.29 is 18.0 Å². The lowest BCUT2D eigenvalue weighted by Crippen LogP contribution is -2.28. The van der Waals surface area contributed by atoms with Crippen molar-refractivity contribution in [3.8, 4) is 0 Å². The van der Waals surface area contributed by atoms with Gasteiger partial charge in [0.15, 0.2) is 0 Å². The molecule has 1 fully saturated rings. The highest BCUT2D eigenvalue weighted by Gasteiger charge is 2.28. The first-order valence-electron chi connectivity index (χ1n) is 9.07. The number of nitrogens with one attached hydrogen (secondary N) is 3. The standard InChI is InChI=1S/C20H22N4O4S/c1-2-12-21-20(26)23-17-8-6-16(7-9-17)22-19(25)15-4-10-18(11-5-15)24-13-3-14-29(24,27)28/h2,4-11H,1,3,12-14H2,(H,22,25)(H2,21,23,26). The molecule has 1 saturated heterocycles. The second-order valence-corrected chi connectivity index (χ2v) is 8.46. The van der Waals surface area contributed by atoms with Crippen LogP contribution in [-0.2, 0) is 10.0 Å². The molecular weight excluding hydrogens is 392 g/mol. The molecule has 0 saturated carbocycles. The average Bonchev–Trinajstić information content (AvgIpc) is 3.07. The molecule has 8 nitrogen and oxygen atoms in total. The normalized spacial score (nSPS) is 14.8. The van der Waals surface area contributed by atoms with Crippen molar-refractivity contribution >= 4 is 39.0 Å². The third-order valence-electron chi connectivity index (χ3n) is 4.32. The lowest BCUT2D eigenvalue weighted by atomic mass is 10.2. The van der Waals surface area contributed by atoms with Gasteiger partial charge in [-0.25, -0.2) is 13.2 Å². The molecule has 0 spiro atoms. The van der Waals surface area contributed by atoms with Gasteiger partial charge < -0.3 is 16.0 Å². The lowest BCUT2D eigenvalue weighted by molar-refractivity contribution is 0.102. The maximum absolute atomic E-state index is 12.4. The van der Waals surface area contributed by atoms with E-state index in [1.165, 1.54) is 4.31 Å². The van der Waals surface area contributed by atoms with E-state index >= 15 is 0 Å². The quantitative estimate of drug-likeness (QED) is 0.632. The van der Waals surface area contributed by atoms with Crippen molar-refractivity contribution in [1.82, 2.24) is 5.32 Å². The first kappa shape index (κ1) is 20.4. The van der Waals surface area contributed by atoms with Crippen LogP contribution < -0.4 is 20.3 Å². The van der Waals surface area contributed by atoms with Gasteiger partial charge in [0.2, 0.25) is 10.0 Å². The molecule has 1 aliphatic rings. The van der Waals surface area contributed by atoms with E-state index in [2.05, 4.69) is 22.5 Å². The van der Waals surface area contributed by atoms with Crippen molar-refractivity contribution in [2.24, 2.45) is 0 Å². The summed E-state index contributed by atoms with van der Waals surface area (Å²) >= 11 is 0. The first-order chi connectivity index (χ1) is 13.9. The van der Waals surface area contributed by atoms with Crippen molar-refractivity contribution in [2.75, 3.05) is 33.8 Å². The number of rotatable bonds is 6. The SMILES string of the molecule is C=CCNC(=O)Nc1ccc(NC(=O)c2ccc(N3CCCS3(=O)=O)cc2)cc1. The van der Waals surface area contributed by atoms with Crippen LogP contribution in [0.15, 0.2) is 61.2 Å². The summed E-state index contributed by atoms with van der Waals surface area (Å²) in [6, 6.07) is 12.8. The molecule has 2 aromatic rings. The number of nitrogens with zero attached hydrogens (tertiary/aromatic N) is 1. The Hall–Kier alpha value is -3.33. The topological polar surface area (TPSA) is 108 Å². The van der Waals surface area contributed by atoms with Crippen molar-refractivity contribution in [3.63, 3.8) is 0 Å². The summed E-state index contributed by atoms with van der Waals surface area (Å²) in [7, 11) is -3.25. The van der Waals surface area contributed by atoms with E-state index in [1.807, 2.05) is 0 Å². The number of amides is 3. The van der Waals surface area contributed by atoms with Gasteiger partial charge in [-0.3, -0.25) is 9.10 Å². The Bertz CT molecular complexity index is 1000. The smallest absolute Gasteiger partial charge is 0.319 e. The molecule has 0 bridgehead atoms. The predicted molar refractivity (Wildman–Crippen MR) is 114 cm³/mol. The molecule has 0 aromatic heterocycles. The van der Waals surface area contributed by atoms with Crippen LogP contribution in [0.2, 0.25) is 0 Å². The minimum atomic E-state index is -3.25. The van der Waals surface area contributed by atoms with Crippen LogP contribution in [-0.4, -0.2) is 39.2 Å². The number of hydrogen-bond acceptors (Lipinski definition) is 4. The van der Waals surface area contributed by atoms with Gasteiger partial charge in [0.25, 0.3) is 5.91 Å². The van der Waals surface area contributed by atoms with Gasteiger partial charge in [0, 0.05) is 30.0 Å². The zero-order chi connectivity index (χ0) is 20.9. The summed E-state index contributed by atoms with van der Waals surface area (Å²) in [4.78, 5) is 24.0. The number of carbonyl (C=O) groups excluding carboxylic acids is 2. The number of carbonyl (C=O) groups is 2. The van der Waals surface area contributed by atoms with E-state index in [9.17, 15) is 18.0 Å². The molecular formula is C20H22N4O4S. The van der Waals surface area contributed by atoms with Gasteiger partial charge >= 0.3 is 6.03 Å². The second kappa shape index (κ2) is 8.78. The molecule has 2 aromatic carbocycles. The monoisotopic (exact) mass is 414 g/mol. The zero-order valence-corrected chi connectivity index (χ0v) is 16.5. The summed E-state index contributed by atoms with van der Waals surface area (Å²) in [5.74, 6) is -0.166. The highest BCUT2D eigenvalue weighted by molar-refractivity contribution is 7.93. The Morgan fingerprint density at radius 2 is 1.62 bits per heavy atom. The molecule has 1 heterocycles. The number of anilines is 3. The van der Waals surface area contributed by atoms with Crippen LogP contribution in [0.3, 0.4) is 0 Å². The Morgan fingerprint density at radius 3 is 2.17 bits per heavy atom. The molecule has 3 amide bonds. The third kappa shape index (κ3) is 5.14. The molecule has 0 unspecified atom stereocenters. The Labute approximate surface area is 169 Å². The minimum Gasteiger partial charge on any atom is -0.334 e. The summed E-state index contributed by atoms with van der Waals surface area (Å²) in [5.41, 5.74) is 2.12. The van der Waals surface area contributed by atoms with Crippen LogP contribution in [0.25, 0.3) is 0 Å². The maximum Gasteiger partial charge on any atom is 0.319 e. The average molecular weight is 414 g/mol. The molecule has 0 aliphatic carbocycles. The Kier molecular flexibility index (Phi) is 6.18. The number of benzene rings is 2. The van der Waals surface area contributed by atoms with E-state index < -0.39 is 10.0 Å². The molecule has 1 aliphatic heterocycles. The Balaban J connectivity index is 1.60. The third-order valence-corrected chi connectivity index (χ3v) is 6.19. The molecule has 0 radical (unpaired) electrons. The van der Waals surface area contributed by atoms with Gasteiger partial charge in [-0.2, -0.15) is 0 Å². The fourth-order valence-electron chi connectivity index (χ4n) is 2.89. The van der Waals surface area contributed by atoms with Crippen molar-refractivity contribution in [1.29, 1.82) is 0 Å². The molecule has 3 N–H and O–H groups in total. The molecule has 29 heavy (non-hydrogen) atoms. The van der Waals surface area contributed by atoms with E-state index in [-0.39, 0.29) is 17.7 Å². The van der Waals surface area contributed by atoms with Gasteiger partial charge in [0.1, 0.15) is 0 Å². The lowest BCUT2D eigenvalue weighted by Gasteiger charge is -2.17. The predicted octanol–water partition coefficient (Wildman–Crippen LogP) is 2.79. The maximum atomic E-state index is 12.4. The Morgan fingerprint density at radius 1 is 1.00 bits per heavy atom. The molecule has 3 rings (SSSR count). The summed E-state index contributed by atoms with van der Waals surface area (Å²) in [5, 5.41) is 8.03. The van der Waals surface area contributed by atoms with Crippen molar-refractivity contribution in [3.05, 3.63) is 66.7 Å². The van der Waals surface area contributed by atoms with Crippen LogP contribution >= 0.6 is 0 Å². The van der Waals surface area contributed by atoms with Crippen LogP contribution in [0.1, 0.15) is 16.8 Å². The fourth-order valence-corrected chi connectivity index (χ4v) is 4.45.